The van der Waals surface area contributed by atoms with Gasteiger partial charge in [-0.2, -0.15) is 0 Å². The second kappa shape index (κ2) is 4.19. The standard InChI is InChI=1S/C13H24N2O2/c14-10-12(4-8-17-9-5-12)13(16)3-7-15-6-1-2-11(13)15/h11,16H,1-10,14H2. The maximum absolute atomic E-state index is 11.3. The van der Waals surface area contributed by atoms with Gasteiger partial charge in [-0.05, 0) is 38.6 Å². The van der Waals surface area contributed by atoms with Crippen molar-refractivity contribution in [1.82, 2.24) is 4.90 Å². The van der Waals surface area contributed by atoms with Crippen LogP contribution in [0.15, 0.2) is 0 Å². The molecule has 98 valence electrons. The van der Waals surface area contributed by atoms with Gasteiger partial charge in [0.2, 0.25) is 0 Å². The summed E-state index contributed by atoms with van der Waals surface area (Å²) in [5.74, 6) is 0. The minimum absolute atomic E-state index is 0.102. The van der Waals surface area contributed by atoms with Crippen LogP contribution in [0.3, 0.4) is 0 Å². The van der Waals surface area contributed by atoms with E-state index in [0.29, 0.717) is 12.6 Å². The van der Waals surface area contributed by atoms with Gasteiger partial charge in [0.05, 0.1) is 5.60 Å². The fourth-order valence-corrected chi connectivity index (χ4v) is 4.31. The summed E-state index contributed by atoms with van der Waals surface area (Å²) in [6.07, 6.45) is 5.10. The highest BCUT2D eigenvalue weighted by molar-refractivity contribution is 5.12. The topological polar surface area (TPSA) is 58.7 Å². The molecule has 2 unspecified atom stereocenters. The SMILES string of the molecule is NCC1(C2(O)CCN3CCCC32)CCOCC1. The van der Waals surface area contributed by atoms with Gasteiger partial charge in [-0.25, -0.2) is 0 Å². The molecule has 0 aromatic rings. The zero-order valence-corrected chi connectivity index (χ0v) is 10.5. The van der Waals surface area contributed by atoms with Crippen molar-refractivity contribution in [2.45, 2.75) is 43.7 Å². The van der Waals surface area contributed by atoms with Crippen LogP contribution in [0.2, 0.25) is 0 Å². The molecule has 17 heavy (non-hydrogen) atoms. The van der Waals surface area contributed by atoms with Gasteiger partial charge in [0, 0.05) is 37.8 Å². The van der Waals surface area contributed by atoms with Crippen LogP contribution in [-0.4, -0.2) is 54.5 Å². The lowest BCUT2D eigenvalue weighted by atomic mass is 9.63. The number of nitrogens with zero attached hydrogens (tertiary/aromatic N) is 1. The summed E-state index contributed by atoms with van der Waals surface area (Å²) in [4.78, 5) is 2.47. The molecule has 4 nitrogen and oxygen atoms in total. The molecule has 3 aliphatic heterocycles. The Hall–Kier alpha value is -0.160. The quantitative estimate of drug-likeness (QED) is 0.731. The molecule has 3 N–H and O–H groups in total. The lowest BCUT2D eigenvalue weighted by molar-refractivity contribution is -0.139. The molecule has 3 rings (SSSR count). The first-order valence-electron chi connectivity index (χ1n) is 6.96. The number of hydrogen-bond donors (Lipinski definition) is 2. The predicted octanol–water partition coefficient (Wildman–Crippen LogP) is 0.341. The Labute approximate surface area is 103 Å². The maximum atomic E-state index is 11.3. The van der Waals surface area contributed by atoms with Crippen molar-refractivity contribution in [3.63, 3.8) is 0 Å². The van der Waals surface area contributed by atoms with E-state index in [4.69, 9.17) is 10.5 Å². The Kier molecular flexibility index (Phi) is 2.94. The van der Waals surface area contributed by atoms with E-state index in [1.165, 1.54) is 6.42 Å². The van der Waals surface area contributed by atoms with Gasteiger partial charge in [-0.3, -0.25) is 4.90 Å². The van der Waals surface area contributed by atoms with E-state index < -0.39 is 5.60 Å². The van der Waals surface area contributed by atoms with Crippen molar-refractivity contribution in [2.75, 3.05) is 32.8 Å². The minimum atomic E-state index is -0.567. The normalized spacial score (nSPS) is 41.6. The monoisotopic (exact) mass is 240 g/mol. The summed E-state index contributed by atoms with van der Waals surface area (Å²) in [6.45, 7) is 4.31. The van der Waals surface area contributed by atoms with E-state index in [9.17, 15) is 5.11 Å². The Morgan fingerprint density at radius 2 is 2.00 bits per heavy atom. The second-order valence-electron chi connectivity index (χ2n) is 5.97. The minimum Gasteiger partial charge on any atom is -0.388 e. The number of nitrogens with two attached hydrogens (primary N) is 1. The number of ether oxygens (including phenoxy) is 1. The third-order valence-electron chi connectivity index (χ3n) is 5.45. The molecule has 0 aliphatic carbocycles. The third-order valence-corrected chi connectivity index (χ3v) is 5.45. The second-order valence-corrected chi connectivity index (χ2v) is 5.97. The summed E-state index contributed by atoms with van der Waals surface area (Å²) in [5, 5.41) is 11.3. The Morgan fingerprint density at radius 3 is 2.71 bits per heavy atom. The van der Waals surface area contributed by atoms with Crippen LogP contribution in [0, 0.1) is 5.41 Å². The number of aliphatic hydroxyl groups is 1. The van der Waals surface area contributed by atoms with E-state index in [-0.39, 0.29) is 5.41 Å². The summed E-state index contributed by atoms with van der Waals surface area (Å²) in [5.41, 5.74) is 5.38. The third kappa shape index (κ3) is 1.58. The molecule has 0 spiro atoms. The Balaban J connectivity index is 1.89. The van der Waals surface area contributed by atoms with Crippen LogP contribution in [0.25, 0.3) is 0 Å². The largest absolute Gasteiger partial charge is 0.388 e. The van der Waals surface area contributed by atoms with Gasteiger partial charge in [-0.1, -0.05) is 0 Å². The highest BCUT2D eigenvalue weighted by Gasteiger charge is 2.59. The lowest BCUT2D eigenvalue weighted by Gasteiger charge is -2.49. The van der Waals surface area contributed by atoms with Crippen LogP contribution in [0.5, 0.6) is 0 Å². The molecule has 3 heterocycles. The van der Waals surface area contributed by atoms with Crippen LogP contribution in [-0.2, 0) is 4.74 Å². The molecule has 3 aliphatic rings. The zero-order chi connectivity index (χ0) is 11.9. The molecule has 0 aromatic heterocycles. The van der Waals surface area contributed by atoms with Crippen LogP contribution in [0.1, 0.15) is 32.1 Å². The summed E-state index contributed by atoms with van der Waals surface area (Å²) < 4.78 is 5.46. The highest BCUT2D eigenvalue weighted by atomic mass is 16.5. The van der Waals surface area contributed by atoms with Crippen molar-refractivity contribution >= 4 is 0 Å². The first-order valence-corrected chi connectivity index (χ1v) is 6.96. The van der Waals surface area contributed by atoms with E-state index in [1.807, 2.05) is 0 Å². The molecule has 0 bridgehead atoms. The molecule has 0 amide bonds. The van der Waals surface area contributed by atoms with Crippen molar-refractivity contribution in [1.29, 1.82) is 0 Å². The van der Waals surface area contributed by atoms with Gasteiger partial charge in [-0.15, -0.1) is 0 Å². The average molecular weight is 240 g/mol. The van der Waals surface area contributed by atoms with Gasteiger partial charge < -0.3 is 15.6 Å². The van der Waals surface area contributed by atoms with Crippen LogP contribution < -0.4 is 5.73 Å². The van der Waals surface area contributed by atoms with E-state index >= 15 is 0 Å². The Bertz CT molecular complexity index is 291. The first-order chi connectivity index (χ1) is 8.22. The van der Waals surface area contributed by atoms with Gasteiger partial charge >= 0.3 is 0 Å². The zero-order valence-electron chi connectivity index (χ0n) is 10.5. The smallest absolute Gasteiger partial charge is 0.0883 e. The van der Waals surface area contributed by atoms with E-state index in [1.54, 1.807) is 0 Å². The fraction of sp³-hybridized carbons (Fsp3) is 1.00. The number of hydrogen-bond acceptors (Lipinski definition) is 4. The fourth-order valence-electron chi connectivity index (χ4n) is 4.31. The molecule has 3 saturated heterocycles. The van der Waals surface area contributed by atoms with Gasteiger partial charge in [0.15, 0.2) is 0 Å². The molecule has 0 aromatic carbocycles. The molecule has 0 radical (unpaired) electrons. The molecule has 3 fully saturated rings. The first kappa shape index (κ1) is 11.9. The lowest BCUT2D eigenvalue weighted by Crippen LogP contribution is -2.60. The molecular formula is C13H24N2O2. The number of fused-ring (bicyclic) bond motifs is 1. The van der Waals surface area contributed by atoms with Crippen LogP contribution >= 0.6 is 0 Å². The average Bonchev–Trinajstić information content (AvgIpc) is 2.95. The molecule has 0 saturated carbocycles. The van der Waals surface area contributed by atoms with Crippen LogP contribution in [0.4, 0.5) is 0 Å². The van der Waals surface area contributed by atoms with Crippen molar-refractivity contribution < 1.29 is 9.84 Å². The molecule has 2 atom stereocenters. The van der Waals surface area contributed by atoms with E-state index in [2.05, 4.69) is 4.90 Å². The molecule has 4 heteroatoms. The summed E-state index contributed by atoms with van der Waals surface area (Å²) >= 11 is 0. The maximum Gasteiger partial charge on any atom is 0.0883 e. The predicted molar refractivity (Wildman–Crippen MR) is 65.7 cm³/mol. The van der Waals surface area contributed by atoms with Crippen molar-refractivity contribution in [2.24, 2.45) is 11.1 Å². The summed E-state index contributed by atoms with van der Waals surface area (Å²) in [7, 11) is 0. The van der Waals surface area contributed by atoms with E-state index in [0.717, 1.165) is 52.0 Å². The number of rotatable bonds is 2. The van der Waals surface area contributed by atoms with Crippen molar-refractivity contribution in [3.8, 4) is 0 Å². The van der Waals surface area contributed by atoms with Crippen molar-refractivity contribution in [3.05, 3.63) is 0 Å². The highest BCUT2D eigenvalue weighted by Crippen LogP contribution is 2.50. The summed E-state index contributed by atoms with van der Waals surface area (Å²) in [6, 6.07) is 0.351. The van der Waals surface area contributed by atoms with Gasteiger partial charge in [0.1, 0.15) is 0 Å². The van der Waals surface area contributed by atoms with Gasteiger partial charge in [0.25, 0.3) is 0 Å². The Morgan fingerprint density at radius 1 is 1.24 bits per heavy atom. The molecular weight excluding hydrogens is 216 g/mol.